The number of H-pyrrole nitrogens is 1. The molecular formula is C16H19N3O3S. The Morgan fingerprint density at radius 2 is 2.17 bits per heavy atom. The van der Waals surface area contributed by atoms with E-state index in [1.54, 1.807) is 18.3 Å². The third-order valence-corrected chi connectivity index (χ3v) is 5.37. The Morgan fingerprint density at radius 1 is 1.39 bits per heavy atom. The molecule has 0 bridgehead atoms. The van der Waals surface area contributed by atoms with Gasteiger partial charge in [-0.3, -0.25) is 9.78 Å². The number of aromatic nitrogens is 2. The standard InChI is InChI=1S/C16H19N3O3S/c1-23(21,22)14-6-3-8-17-13(14)10-19-16(20)12-7-9-18-15(12)11-4-2-5-11/h3,6-9,11,18H,2,4-5,10H2,1H3,(H,19,20). The average molecular weight is 333 g/mol. The Kier molecular flexibility index (Phi) is 4.21. The highest BCUT2D eigenvalue weighted by atomic mass is 32.2. The van der Waals surface area contributed by atoms with Crippen LogP contribution in [0.4, 0.5) is 0 Å². The predicted octanol–water partition coefficient (Wildman–Crippen LogP) is 2.01. The number of nitrogens with one attached hydrogen (secondary N) is 2. The van der Waals surface area contributed by atoms with Crippen molar-refractivity contribution in [3.63, 3.8) is 0 Å². The van der Waals surface area contributed by atoms with Gasteiger partial charge in [-0.1, -0.05) is 6.42 Å². The molecule has 0 spiro atoms. The summed E-state index contributed by atoms with van der Waals surface area (Å²) in [5.41, 5.74) is 1.95. The summed E-state index contributed by atoms with van der Waals surface area (Å²) >= 11 is 0. The maximum absolute atomic E-state index is 12.4. The summed E-state index contributed by atoms with van der Waals surface area (Å²) in [6.45, 7) is 0.0807. The van der Waals surface area contributed by atoms with Crippen molar-refractivity contribution in [1.29, 1.82) is 0 Å². The van der Waals surface area contributed by atoms with E-state index in [9.17, 15) is 13.2 Å². The molecule has 1 aliphatic rings. The minimum absolute atomic E-state index is 0.0807. The molecule has 0 saturated heterocycles. The molecule has 1 amide bonds. The Morgan fingerprint density at radius 3 is 2.83 bits per heavy atom. The van der Waals surface area contributed by atoms with Crippen LogP contribution in [0.25, 0.3) is 0 Å². The van der Waals surface area contributed by atoms with Crippen molar-refractivity contribution in [2.24, 2.45) is 0 Å². The van der Waals surface area contributed by atoms with E-state index >= 15 is 0 Å². The SMILES string of the molecule is CS(=O)(=O)c1cccnc1CNC(=O)c1cc[nH]c1C1CCC1. The van der Waals surface area contributed by atoms with Crippen molar-refractivity contribution < 1.29 is 13.2 Å². The fourth-order valence-corrected chi connectivity index (χ4v) is 3.65. The highest BCUT2D eigenvalue weighted by Crippen LogP contribution is 2.37. The van der Waals surface area contributed by atoms with Crippen molar-refractivity contribution >= 4 is 15.7 Å². The summed E-state index contributed by atoms with van der Waals surface area (Å²) in [4.78, 5) is 19.8. The fourth-order valence-electron chi connectivity index (χ4n) is 2.77. The van der Waals surface area contributed by atoms with Gasteiger partial charge in [-0.05, 0) is 37.0 Å². The van der Waals surface area contributed by atoms with Gasteiger partial charge in [0.2, 0.25) is 0 Å². The van der Waals surface area contributed by atoms with Gasteiger partial charge in [0, 0.05) is 24.3 Å². The molecule has 0 aromatic carbocycles. The number of hydrogen-bond acceptors (Lipinski definition) is 4. The number of carbonyl (C=O) groups is 1. The largest absolute Gasteiger partial charge is 0.364 e. The summed E-state index contributed by atoms with van der Waals surface area (Å²) in [5.74, 6) is 0.213. The van der Waals surface area contributed by atoms with Crippen LogP contribution in [0.1, 0.15) is 46.9 Å². The lowest BCUT2D eigenvalue weighted by molar-refractivity contribution is 0.0948. The van der Waals surface area contributed by atoms with Gasteiger partial charge < -0.3 is 10.3 Å². The van der Waals surface area contributed by atoms with Gasteiger partial charge in [-0.25, -0.2) is 8.42 Å². The lowest BCUT2D eigenvalue weighted by Crippen LogP contribution is -2.26. The molecule has 7 heteroatoms. The monoisotopic (exact) mass is 333 g/mol. The summed E-state index contributed by atoms with van der Waals surface area (Å²) < 4.78 is 23.5. The molecule has 23 heavy (non-hydrogen) atoms. The van der Waals surface area contributed by atoms with Crippen LogP contribution in [0.5, 0.6) is 0 Å². The average Bonchev–Trinajstić information content (AvgIpc) is 2.91. The molecular weight excluding hydrogens is 314 g/mol. The van der Waals surface area contributed by atoms with Gasteiger partial charge >= 0.3 is 0 Å². The van der Waals surface area contributed by atoms with Crippen LogP contribution in [-0.2, 0) is 16.4 Å². The molecule has 1 aliphatic carbocycles. The highest BCUT2D eigenvalue weighted by Gasteiger charge is 2.25. The second kappa shape index (κ2) is 6.16. The number of rotatable bonds is 5. The van der Waals surface area contributed by atoms with Crippen LogP contribution in [0, 0.1) is 0 Å². The second-order valence-corrected chi connectivity index (χ2v) is 7.82. The molecule has 0 radical (unpaired) electrons. The van der Waals surface area contributed by atoms with Crippen LogP contribution in [0.3, 0.4) is 0 Å². The topological polar surface area (TPSA) is 91.9 Å². The van der Waals surface area contributed by atoms with Crippen molar-refractivity contribution in [2.45, 2.75) is 36.6 Å². The van der Waals surface area contributed by atoms with Crippen LogP contribution in [0.15, 0.2) is 35.5 Å². The number of carbonyl (C=O) groups excluding carboxylic acids is 1. The zero-order valence-corrected chi connectivity index (χ0v) is 13.7. The number of pyridine rings is 1. The first-order chi connectivity index (χ1) is 11.0. The van der Waals surface area contributed by atoms with Crippen molar-refractivity contribution in [3.8, 4) is 0 Å². The number of amides is 1. The van der Waals surface area contributed by atoms with E-state index in [0.29, 0.717) is 17.2 Å². The van der Waals surface area contributed by atoms with Crippen LogP contribution >= 0.6 is 0 Å². The Bertz CT molecular complexity index is 823. The van der Waals surface area contributed by atoms with E-state index in [4.69, 9.17) is 0 Å². The van der Waals surface area contributed by atoms with E-state index in [-0.39, 0.29) is 17.3 Å². The molecule has 3 rings (SSSR count). The van der Waals surface area contributed by atoms with Crippen molar-refractivity contribution in [1.82, 2.24) is 15.3 Å². The Labute approximate surface area is 135 Å². The summed E-state index contributed by atoms with van der Waals surface area (Å²) in [6, 6.07) is 4.83. The molecule has 2 N–H and O–H groups in total. The van der Waals surface area contributed by atoms with Crippen LogP contribution in [0.2, 0.25) is 0 Å². The normalized spacial score (nSPS) is 15.2. The third-order valence-electron chi connectivity index (χ3n) is 4.20. The van der Waals surface area contributed by atoms with Gasteiger partial charge in [0.1, 0.15) is 0 Å². The summed E-state index contributed by atoms with van der Waals surface area (Å²) in [6.07, 6.45) is 7.81. The molecule has 2 aromatic heterocycles. The number of sulfone groups is 1. The van der Waals surface area contributed by atoms with Gasteiger partial charge in [-0.15, -0.1) is 0 Å². The molecule has 2 aromatic rings. The second-order valence-electron chi connectivity index (χ2n) is 5.84. The lowest BCUT2D eigenvalue weighted by atomic mass is 9.81. The number of hydrogen-bond donors (Lipinski definition) is 2. The predicted molar refractivity (Wildman–Crippen MR) is 85.9 cm³/mol. The first kappa shape index (κ1) is 15.7. The fraction of sp³-hybridized carbons (Fsp3) is 0.375. The van der Waals surface area contributed by atoms with E-state index in [1.807, 2.05) is 0 Å². The van der Waals surface area contributed by atoms with E-state index < -0.39 is 9.84 Å². The van der Waals surface area contributed by atoms with E-state index in [1.165, 1.54) is 18.7 Å². The van der Waals surface area contributed by atoms with Crippen LogP contribution in [-0.4, -0.2) is 30.5 Å². The number of aromatic amines is 1. The third kappa shape index (κ3) is 3.29. The Hall–Kier alpha value is -2.15. The maximum Gasteiger partial charge on any atom is 0.253 e. The van der Waals surface area contributed by atoms with E-state index in [0.717, 1.165) is 24.8 Å². The molecule has 1 saturated carbocycles. The first-order valence-electron chi connectivity index (χ1n) is 7.56. The minimum atomic E-state index is -3.37. The molecule has 122 valence electrons. The minimum Gasteiger partial charge on any atom is -0.364 e. The van der Waals surface area contributed by atoms with Gasteiger partial charge in [0.05, 0.1) is 22.7 Å². The maximum atomic E-state index is 12.4. The van der Waals surface area contributed by atoms with Crippen LogP contribution < -0.4 is 5.32 Å². The highest BCUT2D eigenvalue weighted by molar-refractivity contribution is 7.90. The molecule has 0 atom stereocenters. The van der Waals surface area contributed by atoms with Crippen molar-refractivity contribution in [2.75, 3.05) is 6.26 Å². The smallest absolute Gasteiger partial charge is 0.253 e. The summed E-state index contributed by atoms with van der Waals surface area (Å²) in [5, 5.41) is 2.77. The molecule has 0 aliphatic heterocycles. The molecule has 2 heterocycles. The summed E-state index contributed by atoms with van der Waals surface area (Å²) in [7, 11) is -3.37. The van der Waals surface area contributed by atoms with Crippen molar-refractivity contribution in [3.05, 3.63) is 47.5 Å². The zero-order chi connectivity index (χ0) is 16.4. The Balaban J connectivity index is 1.74. The van der Waals surface area contributed by atoms with Gasteiger partial charge in [-0.2, -0.15) is 0 Å². The lowest BCUT2D eigenvalue weighted by Gasteiger charge is -2.25. The molecule has 6 nitrogen and oxygen atoms in total. The quantitative estimate of drug-likeness (QED) is 0.875. The van der Waals surface area contributed by atoms with E-state index in [2.05, 4.69) is 15.3 Å². The first-order valence-corrected chi connectivity index (χ1v) is 9.45. The molecule has 1 fully saturated rings. The van der Waals surface area contributed by atoms with Gasteiger partial charge in [0.15, 0.2) is 9.84 Å². The van der Waals surface area contributed by atoms with Gasteiger partial charge in [0.25, 0.3) is 5.91 Å². The zero-order valence-electron chi connectivity index (χ0n) is 12.9. The number of nitrogens with zero attached hydrogens (tertiary/aromatic N) is 1. The molecule has 0 unspecified atom stereocenters.